The van der Waals surface area contributed by atoms with Gasteiger partial charge in [-0.05, 0) is 55.0 Å². The minimum absolute atomic E-state index is 0.241. The summed E-state index contributed by atoms with van der Waals surface area (Å²) < 4.78 is 13.3. The van der Waals surface area contributed by atoms with Gasteiger partial charge in [0.05, 0.1) is 17.1 Å². The van der Waals surface area contributed by atoms with Gasteiger partial charge < -0.3 is 0 Å². The van der Waals surface area contributed by atoms with E-state index < -0.39 is 0 Å². The van der Waals surface area contributed by atoms with Crippen molar-refractivity contribution in [2.75, 3.05) is 0 Å². The molecule has 2 nitrogen and oxygen atoms in total. The standard InChI is InChI=1S/C20H15FN2/c1-13-4-5-15-12-19-18(3-2-10-22-19)23-20(17(15)11-13)14-6-8-16(21)9-7-14/h2-11H,12H2,1H3. The van der Waals surface area contributed by atoms with Crippen LogP contribution in [0.2, 0.25) is 0 Å². The molecule has 0 fully saturated rings. The fraction of sp³-hybridized carbons (Fsp3) is 0.100. The van der Waals surface area contributed by atoms with Gasteiger partial charge in [0, 0.05) is 23.7 Å². The lowest BCUT2D eigenvalue weighted by Gasteiger charge is -2.11. The second kappa shape index (κ2) is 5.43. The minimum atomic E-state index is -0.241. The molecule has 0 amide bonds. The van der Waals surface area contributed by atoms with Gasteiger partial charge in [-0.25, -0.2) is 9.38 Å². The van der Waals surface area contributed by atoms with Crippen LogP contribution in [0.4, 0.5) is 10.1 Å². The van der Waals surface area contributed by atoms with E-state index >= 15 is 0 Å². The zero-order valence-electron chi connectivity index (χ0n) is 12.8. The number of pyridine rings is 1. The molecule has 0 saturated heterocycles. The van der Waals surface area contributed by atoms with Crippen LogP contribution in [0, 0.1) is 12.7 Å². The zero-order chi connectivity index (χ0) is 15.8. The highest BCUT2D eigenvalue weighted by Gasteiger charge is 2.18. The van der Waals surface area contributed by atoms with Gasteiger partial charge in [0.2, 0.25) is 0 Å². The van der Waals surface area contributed by atoms with E-state index in [9.17, 15) is 4.39 Å². The van der Waals surface area contributed by atoms with E-state index in [0.29, 0.717) is 0 Å². The highest BCUT2D eigenvalue weighted by Crippen LogP contribution is 2.29. The molecule has 2 heterocycles. The molecule has 2 aromatic carbocycles. The van der Waals surface area contributed by atoms with Crippen molar-refractivity contribution < 1.29 is 4.39 Å². The average Bonchev–Trinajstić information content (AvgIpc) is 2.72. The second-order valence-corrected chi connectivity index (χ2v) is 5.77. The van der Waals surface area contributed by atoms with E-state index in [-0.39, 0.29) is 5.82 Å². The highest BCUT2D eigenvalue weighted by atomic mass is 19.1. The molecule has 0 saturated carbocycles. The molecule has 0 spiro atoms. The van der Waals surface area contributed by atoms with Gasteiger partial charge >= 0.3 is 0 Å². The summed E-state index contributed by atoms with van der Waals surface area (Å²) in [5.41, 5.74) is 7.09. The molecule has 1 aliphatic heterocycles. The summed E-state index contributed by atoms with van der Waals surface area (Å²) in [5, 5.41) is 0. The molecule has 3 aromatic rings. The number of rotatable bonds is 1. The molecule has 1 aromatic heterocycles. The van der Waals surface area contributed by atoms with Gasteiger partial charge in [0.15, 0.2) is 0 Å². The average molecular weight is 302 g/mol. The van der Waals surface area contributed by atoms with Gasteiger partial charge in [0.1, 0.15) is 5.82 Å². The number of aryl methyl sites for hydroxylation is 1. The van der Waals surface area contributed by atoms with E-state index in [1.807, 2.05) is 12.1 Å². The predicted octanol–water partition coefficient (Wildman–Crippen LogP) is 4.60. The Morgan fingerprint density at radius 2 is 1.83 bits per heavy atom. The third-order valence-electron chi connectivity index (χ3n) is 4.09. The normalized spacial score (nSPS) is 12.9. The Bertz CT molecular complexity index is 911. The Morgan fingerprint density at radius 1 is 1.00 bits per heavy atom. The number of halogens is 1. The quantitative estimate of drug-likeness (QED) is 0.504. The first-order valence-electron chi connectivity index (χ1n) is 7.59. The molecule has 4 rings (SSSR count). The van der Waals surface area contributed by atoms with Crippen LogP contribution in [0.15, 0.2) is 65.8 Å². The van der Waals surface area contributed by atoms with Crippen LogP contribution in [0.3, 0.4) is 0 Å². The summed E-state index contributed by atoms with van der Waals surface area (Å²) in [6, 6.07) is 16.8. The van der Waals surface area contributed by atoms with Gasteiger partial charge in [-0.15, -0.1) is 0 Å². The maximum absolute atomic E-state index is 13.3. The summed E-state index contributed by atoms with van der Waals surface area (Å²) in [7, 11) is 0. The summed E-state index contributed by atoms with van der Waals surface area (Å²) >= 11 is 0. The molecule has 112 valence electrons. The van der Waals surface area contributed by atoms with E-state index in [1.54, 1.807) is 18.3 Å². The second-order valence-electron chi connectivity index (χ2n) is 5.77. The predicted molar refractivity (Wildman–Crippen MR) is 89.9 cm³/mol. The van der Waals surface area contributed by atoms with Gasteiger partial charge in [-0.3, -0.25) is 4.98 Å². The highest BCUT2D eigenvalue weighted by molar-refractivity contribution is 6.15. The first-order valence-corrected chi connectivity index (χ1v) is 7.59. The van der Waals surface area contributed by atoms with Crippen LogP contribution >= 0.6 is 0 Å². The lowest BCUT2D eigenvalue weighted by atomic mass is 9.94. The molecular formula is C20H15FN2. The van der Waals surface area contributed by atoms with E-state index in [1.165, 1.54) is 23.3 Å². The number of aliphatic imine (C=N–C) groups is 1. The third-order valence-corrected chi connectivity index (χ3v) is 4.09. The monoisotopic (exact) mass is 302 g/mol. The molecule has 0 atom stereocenters. The maximum atomic E-state index is 13.3. The van der Waals surface area contributed by atoms with Crippen LogP contribution in [0.25, 0.3) is 0 Å². The molecule has 1 aliphatic rings. The Labute approximate surface area is 134 Å². The number of fused-ring (bicyclic) bond motifs is 2. The van der Waals surface area contributed by atoms with Gasteiger partial charge in [-0.1, -0.05) is 17.7 Å². The molecule has 3 heteroatoms. The summed E-state index contributed by atoms with van der Waals surface area (Å²) in [6.45, 7) is 2.07. The lowest BCUT2D eigenvalue weighted by Crippen LogP contribution is -2.06. The van der Waals surface area contributed by atoms with Crippen molar-refractivity contribution in [1.82, 2.24) is 4.98 Å². The zero-order valence-corrected chi connectivity index (χ0v) is 12.8. The first kappa shape index (κ1) is 13.8. The van der Waals surface area contributed by atoms with E-state index in [2.05, 4.69) is 30.1 Å². The van der Waals surface area contributed by atoms with Crippen molar-refractivity contribution in [2.24, 2.45) is 4.99 Å². The Hall–Kier alpha value is -2.81. The van der Waals surface area contributed by atoms with Gasteiger partial charge in [-0.2, -0.15) is 0 Å². The van der Waals surface area contributed by atoms with Crippen LogP contribution in [0.1, 0.15) is 27.9 Å². The summed E-state index contributed by atoms with van der Waals surface area (Å²) in [4.78, 5) is 9.33. The number of hydrogen-bond acceptors (Lipinski definition) is 2. The topological polar surface area (TPSA) is 25.2 Å². The SMILES string of the molecule is Cc1ccc2c(c1)C(c1ccc(F)cc1)=Nc1cccnc1C2. The maximum Gasteiger partial charge on any atom is 0.123 e. The van der Waals surface area contributed by atoms with Crippen molar-refractivity contribution in [3.8, 4) is 0 Å². The van der Waals surface area contributed by atoms with E-state index in [0.717, 1.165) is 34.6 Å². The molecule has 0 radical (unpaired) electrons. The number of hydrogen-bond donors (Lipinski definition) is 0. The van der Waals surface area contributed by atoms with Crippen molar-refractivity contribution in [2.45, 2.75) is 13.3 Å². The largest absolute Gasteiger partial charge is 0.259 e. The van der Waals surface area contributed by atoms with Crippen molar-refractivity contribution in [3.05, 3.63) is 94.6 Å². The molecule has 0 unspecified atom stereocenters. The molecule has 0 N–H and O–H groups in total. The van der Waals surface area contributed by atoms with Crippen molar-refractivity contribution in [1.29, 1.82) is 0 Å². The fourth-order valence-corrected chi connectivity index (χ4v) is 2.92. The molecule has 0 aliphatic carbocycles. The van der Waals surface area contributed by atoms with Crippen LogP contribution in [0.5, 0.6) is 0 Å². The molecule has 23 heavy (non-hydrogen) atoms. The molecular weight excluding hydrogens is 287 g/mol. The van der Waals surface area contributed by atoms with E-state index in [4.69, 9.17) is 4.99 Å². The van der Waals surface area contributed by atoms with Gasteiger partial charge in [0.25, 0.3) is 0 Å². The third kappa shape index (κ3) is 2.55. The Morgan fingerprint density at radius 3 is 2.65 bits per heavy atom. The fourth-order valence-electron chi connectivity index (χ4n) is 2.92. The summed E-state index contributed by atoms with van der Waals surface area (Å²) in [6.07, 6.45) is 2.55. The number of benzene rings is 2. The number of nitrogens with zero attached hydrogens (tertiary/aromatic N) is 2. The van der Waals surface area contributed by atoms with Crippen molar-refractivity contribution >= 4 is 11.4 Å². The smallest absolute Gasteiger partial charge is 0.123 e. The minimum Gasteiger partial charge on any atom is -0.259 e. The van der Waals surface area contributed by atoms with Crippen LogP contribution < -0.4 is 0 Å². The lowest BCUT2D eigenvalue weighted by molar-refractivity contribution is 0.628. The van der Waals surface area contributed by atoms with Crippen LogP contribution in [-0.4, -0.2) is 10.7 Å². The Balaban J connectivity index is 1.99. The van der Waals surface area contributed by atoms with Crippen LogP contribution in [-0.2, 0) is 6.42 Å². The van der Waals surface area contributed by atoms with Crippen molar-refractivity contribution in [3.63, 3.8) is 0 Å². The first-order chi connectivity index (χ1) is 11.2. The molecule has 0 bridgehead atoms. The Kier molecular flexibility index (Phi) is 3.27. The summed E-state index contributed by atoms with van der Waals surface area (Å²) in [5.74, 6) is -0.241. The number of aromatic nitrogens is 1.